The Morgan fingerprint density at radius 2 is 2.14 bits per heavy atom. The second-order valence-corrected chi connectivity index (χ2v) is 4.32. The minimum atomic E-state index is 0.703. The van der Waals surface area contributed by atoms with Gasteiger partial charge in [-0.2, -0.15) is 0 Å². The molecule has 84 valence electrons. The van der Waals surface area contributed by atoms with Crippen molar-refractivity contribution < 1.29 is 4.74 Å². The summed E-state index contributed by atoms with van der Waals surface area (Å²) in [5, 5.41) is 3.62. The molecule has 1 N–H and O–H groups in total. The molecule has 1 rings (SSSR count). The van der Waals surface area contributed by atoms with Crippen molar-refractivity contribution in [3.63, 3.8) is 0 Å². The zero-order chi connectivity index (χ0) is 10.2. The van der Waals surface area contributed by atoms with E-state index in [1.807, 2.05) is 0 Å². The van der Waals surface area contributed by atoms with Crippen LogP contribution in [0, 0.1) is 5.92 Å². The molecule has 0 aromatic carbocycles. The average molecular weight is 199 g/mol. The summed E-state index contributed by atoms with van der Waals surface area (Å²) < 4.78 is 5.41. The summed E-state index contributed by atoms with van der Waals surface area (Å²) in [5.74, 6) is 1.02. The van der Waals surface area contributed by atoms with Crippen molar-refractivity contribution >= 4 is 0 Å². The quantitative estimate of drug-likeness (QED) is 0.576. The average Bonchev–Trinajstić information content (AvgIpc) is 2.98. The van der Waals surface area contributed by atoms with Crippen LogP contribution < -0.4 is 5.32 Å². The fourth-order valence-electron chi connectivity index (χ4n) is 1.78. The third-order valence-electron chi connectivity index (χ3n) is 2.81. The number of ether oxygens (including phenoxy) is 1. The van der Waals surface area contributed by atoms with Gasteiger partial charge in [-0.1, -0.05) is 19.8 Å². The van der Waals surface area contributed by atoms with Crippen molar-refractivity contribution in [2.45, 2.75) is 52.0 Å². The van der Waals surface area contributed by atoms with E-state index in [0.717, 1.165) is 25.7 Å². The molecular formula is C12H25NO. The van der Waals surface area contributed by atoms with E-state index in [1.54, 1.807) is 0 Å². The van der Waals surface area contributed by atoms with Crippen LogP contribution in [0.5, 0.6) is 0 Å². The highest BCUT2D eigenvalue weighted by Crippen LogP contribution is 2.34. The van der Waals surface area contributed by atoms with Crippen molar-refractivity contribution in [3.05, 3.63) is 0 Å². The monoisotopic (exact) mass is 199 g/mol. The van der Waals surface area contributed by atoms with Crippen molar-refractivity contribution in [1.29, 1.82) is 0 Å². The summed E-state index contributed by atoms with van der Waals surface area (Å²) in [7, 11) is 0. The van der Waals surface area contributed by atoms with Crippen LogP contribution in [0.4, 0.5) is 0 Å². The molecule has 2 heteroatoms. The van der Waals surface area contributed by atoms with Crippen LogP contribution in [0.1, 0.15) is 46.0 Å². The van der Waals surface area contributed by atoms with Gasteiger partial charge in [0.2, 0.25) is 0 Å². The Balaban J connectivity index is 2.06. The standard InChI is InChI=1S/C12H25NO/c1-3-8-13-12(7-9-14-4-2)10-11-5-6-11/h11-13H,3-10H2,1-2H3. The SMILES string of the molecule is CCCNC(CCOCC)CC1CC1. The zero-order valence-corrected chi connectivity index (χ0v) is 9.72. The van der Waals surface area contributed by atoms with Crippen LogP contribution in [0.25, 0.3) is 0 Å². The Hall–Kier alpha value is -0.0800. The van der Waals surface area contributed by atoms with Gasteiger partial charge in [-0.15, -0.1) is 0 Å². The van der Waals surface area contributed by atoms with Gasteiger partial charge in [-0.3, -0.25) is 0 Å². The Bertz CT molecular complexity index is 134. The van der Waals surface area contributed by atoms with Gasteiger partial charge in [0, 0.05) is 19.3 Å². The first-order valence-electron chi connectivity index (χ1n) is 6.18. The topological polar surface area (TPSA) is 21.3 Å². The van der Waals surface area contributed by atoms with Crippen LogP contribution >= 0.6 is 0 Å². The zero-order valence-electron chi connectivity index (χ0n) is 9.72. The lowest BCUT2D eigenvalue weighted by molar-refractivity contribution is 0.134. The van der Waals surface area contributed by atoms with E-state index in [-0.39, 0.29) is 0 Å². The number of rotatable bonds is 9. The maximum atomic E-state index is 5.41. The van der Waals surface area contributed by atoms with Crippen molar-refractivity contribution in [2.75, 3.05) is 19.8 Å². The van der Waals surface area contributed by atoms with Gasteiger partial charge in [-0.05, 0) is 38.6 Å². The predicted molar refractivity (Wildman–Crippen MR) is 60.5 cm³/mol. The van der Waals surface area contributed by atoms with Crippen LogP contribution in [-0.2, 0) is 4.74 Å². The van der Waals surface area contributed by atoms with E-state index >= 15 is 0 Å². The van der Waals surface area contributed by atoms with Gasteiger partial charge in [-0.25, -0.2) is 0 Å². The van der Waals surface area contributed by atoms with Crippen LogP contribution in [0.15, 0.2) is 0 Å². The van der Waals surface area contributed by atoms with E-state index in [1.165, 1.54) is 32.1 Å². The van der Waals surface area contributed by atoms with Crippen LogP contribution in [0.3, 0.4) is 0 Å². The fourth-order valence-corrected chi connectivity index (χ4v) is 1.78. The minimum absolute atomic E-state index is 0.703. The highest BCUT2D eigenvalue weighted by Gasteiger charge is 2.24. The molecule has 1 fully saturated rings. The lowest BCUT2D eigenvalue weighted by Crippen LogP contribution is -2.31. The third-order valence-corrected chi connectivity index (χ3v) is 2.81. The molecule has 14 heavy (non-hydrogen) atoms. The first-order valence-corrected chi connectivity index (χ1v) is 6.18. The Kier molecular flexibility index (Phi) is 6.20. The molecule has 0 radical (unpaired) electrons. The second-order valence-electron chi connectivity index (χ2n) is 4.32. The molecule has 1 aliphatic rings. The number of hydrogen-bond acceptors (Lipinski definition) is 2. The van der Waals surface area contributed by atoms with Gasteiger partial charge in [0.05, 0.1) is 0 Å². The fraction of sp³-hybridized carbons (Fsp3) is 1.00. The molecule has 0 heterocycles. The van der Waals surface area contributed by atoms with Crippen molar-refractivity contribution in [2.24, 2.45) is 5.92 Å². The van der Waals surface area contributed by atoms with Gasteiger partial charge in [0.15, 0.2) is 0 Å². The third kappa shape index (κ3) is 5.61. The minimum Gasteiger partial charge on any atom is -0.382 e. The van der Waals surface area contributed by atoms with E-state index < -0.39 is 0 Å². The molecule has 1 unspecified atom stereocenters. The van der Waals surface area contributed by atoms with E-state index in [2.05, 4.69) is 19.2 Å². The molecule has 0 saturated heterocycles. The first-order chi connectivity index (χ1) is 6.86. The Morgan fingerprint density at radius 3 is 2.71 bits per heavy atom. The summed E-state index contributed by atoms with van der Waals surface area (Å²) in [6, 6.07) is 0.703. The van der Waals surface area contributed by atoms with E-state index in [0.29, 0.717) is 6.04 Å². The molecule has 1 atom stereocenters. The van der Waals surface area contributed by atoms with Crippen LogP contribution in [-0.4, -0.2) is 25.8 Å². The molecule has 0 aliphatic heterocycles. The molecule has 0 spiro atoms. The Morgan fingerprint density at radius 1 is 1.36 bits per heavy atom. The van der Waals surface area contributed by atoms with E-state index in [9.17, 15) is 0 Å². The lowest BCUT2D eigenvalue weighted by atomic mass is 10.1. The smallest absolute Gasteiger partial charge is 0.0480 e. The largest absolute Gasteiger partial charge is 0.382 e. The van der Waals surface area contributed by atoms with Crippen LogP contribution in [0.2, 0.25) is 0 Å². The summed E-state index contributed by atoms with van der Waals surface area (Å²) in [6.45, 7) is 7.22. The van der Waals surface area contributed by atoms with Crippen molar-refractivity contribution in [1.82, 2.24) is 5.32 Å². The maximum Gasteiger partial charge on any atom is 0.0480 e. The molecule has 2 nitrogen and oxygen atoms in total. The highest BCUT2D eigenvalue weighted by atomic mass is 16.5. The molecule has 1 saturated carbocycles. The van der Waals surface area contributed by atoms with Gasteiger partial charge in [0.1, 0.15) is 0 Å². The first kappa shape index (κ1) is 12.0. The Labute approximate surface area is 88.4 Å². The van der Waals surface area contributed by atoms with Gasteiger partial charge in [0.25, 0.3) is 0 Å². The second kappa shape index (κ2) is 7.24. The summed E-state index contributed by atoms with van der Waals surface area (Å²) in [4.78, 5) is 0. The van der Waals surface area contributed by atoms with Gasteiger partial charge >= 0.3 is 0 Å². The molecule has 0 bridgehead atoms. The molecule has 0 aromatic heterocycles. The maximum absolute atomic E-state index is 5.41. The number of nitrogens with one attached hydrogen (secondary N) is 1. The summed E-state index contributed by atoms with van der Waals surface area (Å²) in [6.07, 6.45) is 6.70. The lowest BCUT2D eigenvalue weighted by Gasteiger charge is -2.17. The molecule has 0 aromatic rings. The summed E-state index contributed by atoms with van der Waals surface area (Å²) >= 11 is 0. The van der Waals surface area contributed by atoms with E-state index in [4.69, 9.17) is 4.74 Å². The normalized spacial score (nSPS) is 18.4. The molecular weight excluding hydrogens is 174 g/mol. The summed E-state index contributed by atoms with van der Waals surface area (Å²) in [5.41, 5.74) is 0. The molecule has 0 amide bonds. The molecule has 1 aliphatic carbocycles. The number of hydrogen-bond donors (Lipinski definition) is 1. The van der Waals surface area contributed by atoms with Crippen molar-refractivity contribution in [3.8, 4) is 0 Å². The predicted octanol–water partition coefficient (Wildman–Crippen LogP) is 2.58. The highest BCUT2D eigenvalue weighted by molar-refractivity contribution is 4.80. The van der Waals surface area contributed by atoms with Gasteiger partial charge < -0.3 is 10.1 Å².